The van der Waals surface area contributed by atoms with Crippen LogP contribution in [0.3, 0.4) is 0 Å². The number of halogens is 1. The zero-order chi connectivity index (χ0) is 13.2. The summed E-state index contributed by atoms with van der Waals surface area (Å²) in [4.78, 5) is 13.4. The van der Waals surface area contributed by atoms with Gasteiger partial charge in [0.1, 0.15) is 5.82 Å². The number of aromatic amines is 2. The smallest absolute Gasteiger partial charge is 0.340 e. The number of fused-ring (bicyclic) bond motifs is 1. The van der Waals surface area contributed by atoms with E-state index in [1.165, 1.54) is 0 Å². The van der Waals surface area contributed by atoms with E-state index >= 15 is 0 Å². The number of rotatable bonds is 4. The van der Waals surface area contributed by atoms with E-state index in [-0.39, 0.29) is 12.5 Å². The SMILES string of the molecule is O=c1[nH]nc(CNCc2cc3c(cc2Cl)OCO3)[nH]1. The molecular weight excluding hydrogens is 272 g/mol. The molecule has 0 spiro atoms. The van der Waals surface area contributed by atoms with Crippen molar-refractivity contribution in [1.29, 1.82) is 0 Å². The highest BCUT2D eigenvalue weighted by molar-refractivity contribution is 6.31. The molecule has 0 atom stereocenters. The third-order valence-corrected chi connectivity index (χ3v) is 3.05. The second-order valence-electron chi connectivity index (χ2n) is 4.02. The number of nitrogens with zero attached hydrogens (tertiary/aromatic N) is 1. The van der Waals surface area contributed by atoms with Crippen LogP contribution in [0.2, 0.25) is 5.02 Å². The lowest BCUT2D eigenvalue weighted by molar-refractivity contribution is 0.174. The van der Waals surface area contributed by atoms with E-state index in [2.05, 4.69) is 20.5 Å². The molecule has 0 saturated carbocycles. The van der Waals surface area contributed by atoms with Crippen molar-refractivity contribution in [2.45, 2.75) is 13.1 Å². The molecule has 3 rings (SSSR count). The minimum absolute atomic E-state index is 0.219. The minimum Gasteiger partial charge on any atom is -0.454 e. The fourth-order valence-corrected chi connectivity index (χ4v) is 2.02. The van der Waals surface area contributed by atoms with E-state index in [1.807, 2.05) is 6.07 Å². The zero-order valence-corrected chi connectivity index (χ0v) is 10.6. The van der Waals surface area contributed by atoms with Crippen LogP contribution in [0.1, 0.15) is 11.4 Å². The topological polar surface area (TPSA) is 92.0 Å². The van der Waals surface area contributed by atoms with Crippen molar-refractivity contribution in [2.75, 3.05) is 6.79 Å². The second kappa shape index (κ2) is 4.94. The first-order valence-corrected chi connectivity index (χ1v) is 6.02. The second-order valence-corrected chi connectivity index (χ2v) is 4.43. The molecule has 7 nitrogen and oxygen atoms in total. The minimum atomic E-state index is -0.321. The van der Waals surface area contributed by atoms with Gasteiger partial charge in [0.2, 0.25) is 6.79 Å². The van der Waals surface area contributed by atoms with Crippen LogP contribution in [-0.4, -0.2) is 22.0 Å². The lowest BCUT2D eigenvalue weighted by atomic mass is 10.2. The van der Waals surface area contributed by atoms with Gasteiger partial charge in [-0.15, -0.1) is 0 Å². The molecule has 19 heavy (non-hydrogen) atoms. The highest BCUT2D eigenvalue weighted by Crippen LogP contribution is 2.36. The highest BCUT2D eigenvalue weighted by atomic mass is 35.5. The van der Waals surface area contributed by atoms with E-state index in [0.29, 0.717) is 35.4 Å². The van der Waals surface area contributed by atoms with Crippen molar-refractivity contribution >= 4 is 11.6 Å². The first-order chi connectivity index (χ1) is 9.22. The van der Waals surface area contributed by atoms with Gasteiger partial charge in [-0.2, -0.15) is 5.10 Å². The number of aromatic nitrogens is 3. The van der Waals surface area contributed by atoms with Crippen molar-refractivity contribution < 1.29 is 9.47 Å². The van der Waals surface area contributed by atoms with Gasteiger partial charge >= 0.3 is 5.69 Å². The van der Waals surface area contributed by atoms with E-state index < -0.39 is 0 Å². The van der Waals surface area contributed by atoms with Crippen molar-refractivity contribution in [3.63, 3.8) is 0 Å². The van der Waals surface area contributed by atoms with Gasteiger partial charge in [-0.3, -0.25) is 4.98 Å². The van der Waals surface area contributed by atoms with Crippen molar-refractivity contribution in [1.82, 2.24) is 20.5 Å². The average Bonchev–Trinajstić information content (AvgIpc) is 2.98. The maximum Gasteiger partial charge on any atom is 0.340 e. The Morgan fingerprint density at radius 2 is 2.11 bits per heavy atom. The molecule has 0 fully saturated rings. The summed E-state index contributed by atoms with van der Waals surface area (Å²) < 4.78 is 10.5. The summed E-state index contributed by atoms with van der Waals surface area (Å²) in [6.07, 6.45) is 0. The number of hydrogen-bond acceptors (Lipinski definition) is 5. The predicted octanol–water partition coefficient (Wildman–Crippen LogP) is 0.770. The van der Waals surface area contributed by atoms with E-state index in [4.69, 9.17) is 21.1 Å². The number of benzene rings is 1. The molecule has 0 amide bonds. The molecule has 2 aromatic rings. The largest absolute Gasteiger partial charge is 0.454 e. The lowest BCUT2D eigenvalue weighted by Gasteiger charge is -2.06. The van der Waals surface area contributed by atoms with Crippen LogP contribution in [0.15, 0.2) is 16.9 Å². The Balaban J connectivity index is 1.65. The summed E-state index contributed by atoms with van der Waals surface area (Å²) >= 11 is 6.14. The van der Waals surface area contributed by atoms with Gasteiger partial charge in [-0.1, -0.05) is 11.6 Å². The first kappa shape index (κ1) is 12.1. The molecule has 1 aromatic carbocycles. The molecule has 0 unspecified atom stereocenters. The molecule has 0 saturated heterocycles. The van der Waals surface area contributed by atoms with Gasteiger partial charge in [-0.25, -0.2) is 9.89 Å². The van der Waals surface area contributed by atoms with Gasteiger partial charge in [0.15, 0.2) is 11.5 Å². The van der Waals surface area contributed by atoms with Gasteiger partial charge in [-0.05, 0) is 11.6 Å². The quantitative estimate of drug-likeness (QED) is 0.770. The summed E-state index contributed by atoms with van der Waals surface area (Å²) in [6, 6.07) is 3.57. The molecule has 8 heteroatoms. The van der Waals surface area contributed by atoms with Crippen LogP contribution in [0.5, 0.6) is 11.5 Å². The predicted molar refractivity (Wildman–Crippen MR) is 67.3 cm³/mol. The van der Waals surface area contributed by atoms with Crippen molar-refractivity contribution in [3.05, 3.63) is 39.0 Å². The van der Waals surface area contributed by atoms with Gasteiger partial charge in [0, 0.05) is 17.6 Å². The maximum atomic E-state index is 10.9. The van der Waals surface area contributed by atoms with Crippen LogP contribution < -0.4 is 20.5 Å². The van der Waals surface area contributed by atoms with Crippen molar-refractivity contribution in [2.24, 2.45) is 0 Å². The summed E-state index contributed by atoms with van der Waals surface area (Å²) in [5, 5.41) is 9.83. The first-order valence-electron chi connectivity index (χ1n) is 5.64. The molecule has 1 aliphatic rings. The molecule has 0 aliphatic carbocycles. The van der Waals surface area contributed by atoms with Crippen LogP contribution in [0.4, 0.5) is 0 Å². The molecule has 1 aliphatic heterocycles. The summed E-state index contributed by atoms with van der Waals surface area (Å²) in [7, 11) is 0. The molecule has 100 valence electrons. The van der Waals surface area contributed by atoms with Crippen molar-refractivity contribution in [3.8, 4) is 11.5 Å². The van der Waals surface area contributed by atoms with E-state index in [1.54, 1.807) is 6.07 Å². The Morgan fingerprint density at radius 3 is 2.84 bits per heavy atom. The third-order valence-electron chi connectivity index (χ3n) is 2.70. The third kappa shape index (κ3) is 2.56. The van der Waals surface area contributed by atoms with Crippen LogP contribution >= 0.6 is 11.6 Å². The number of hydrogen-bond donors (Lipinski definition) is 3. The Labute approximate surface area is 112 Å². The Hall–Kier alpha value is -1.99. The summed E-state index contributed by atoms with van der Waals surface area (Å²) in [5.41, 5.74) is 0.571. The molecule has 3 N–H and O–H groups in total. The van der Waals surface area contributed by atoms with E-state index in [9.17, 15) is 4.79 Å². The monoisotopic (exact) mass is 282 g/mol. The standard InChI is InChI=1S/C11H11ClN4O3/c12-7-2-9-8(18-5-19-9)1-6(7)3-13-4-10-14-11(17)16-15-10/h1-2,13H,3-5H2,(H2,14,15,16,17). The fourth-order valence-electron chi connectivity index (χ4n) is 1.80. The zero-order valence-electron chi connectivity index (χ0n) is 9.83. The number of nitrogens with one attached hydrogen (secondary N) is 3. The average molecular weight is 283 g/mol. The van der Waals surface area contributed by atoms with Crippen LogP contribution in [-0.2, 0) is 13.1 Å². The Morgan fingerprint density at radius 1 is 1.32 bits per heavy atom. The highest BCUT2D eigenvalue weighted by Gasteiger charge is 2.16. The Bertz CT molecular complexity index is 652. The summed E-state index contributed by atoms with van der Waals surface area (Å²) in [6.45, 7) is 1.19. The molecular formula is C11H11ClN4O3. The normalized spacial score (nSPS) is 12.9. The molecule has 2 heterocycles. The van der Waals surface area contributed by atoms with Crippen LogP contribution in [0, 0.1) is 0 Å². The maximum absolute atomic E-state index is 10.9. The fraction of sp³-hybridized carbons (Fsp3) is 0.273. The lowest BCUT2D eigenvalue weighted by Crippen LogP contribution is -2.14. The molecule has 0 bridgehead atoms. The molecule has 0 radical (unpaired) electrons. The van der Waals surface area contributed by atoms with Gasteiger partial charge in [0.05, 0.1) is 6.54 Å². The van der Waals surface area contributed by atoms with Gasteiger partial charge in [0.25, 0.3) is 0 Å². The van der Waals surface area contributed by atoms with Crippen LogP contribution in [0.25, 0.3) is 0 Å². The van der Waals surface area contributed by atoms with E-state index in [0.717, 1.165) is 5.56 Å². The Kier molecular flexibility index (Phi) is 3.14. The number of H-pyrrole nitrogens is 2. The number of ether oxygens (including phenoxy) is 2. The van der Waals surface area contributed by atoms with Gasteiger partial charge < -0.3 is 14.8 Å². The molecule has 1 aromatic heterocycles. The summed E-state index contributed by atoms with van der Waals surface area (Å²) in [5.74, 6) is 1.89.